The highest BCUT2D eigenvalue weighted by Crippen LogP contribution is 2.37. The predicted octanol–water partition coefficient (Wildman–Crippen LogP) is 0.822. The third-order valence-corrected chi connectivity index (χ3v) is 2.95. The lowest BCUT2D eigenvalue weighted by atomic mass is 9.74. The molecule has 14 heavy (non-hydrogen) atoms. The molecule has 0 amide bonds. The van der Waals surface area contributed by atoms with Gasteiger partial charge in [-0.1, -0.05) is 19.3 Å². The molecule has 1 N–H and O–H groups in total. The fourth-order valence-corrected chi connectivity index (χ4v) is 2.07. The van der Waals surface area contributed by atoms with Gasteiger partial charge >= 0.3 is 5.82 Å². The van der Waals surface area contributed by atoms with Crippen molar-refractivity contribution in [3.8, 4) is 0 Å². The van der Waals surface area contributed by atoms with E-state index in [1.807, 2.05) is 0 Å². The second-order valence-electron chi connectivity index (χ2n) is 3.84. The van der Waals surface area contributed by atoms with E-state index in [9.17, 15) is 9.90 Å². The molecular weight excluding hydrogens is 186 g/mol. The third kappa shape index (κ3) is 1.48. The Morgan fingerprint density at radius 3 is 2.57 bits per heavy atom. The summed E-state index contributed by atoms with van der Waals surface area (Å²) in [4.78, 5) is 10.7. The van der Waals surface area contributed by atoms with Crippen molar-refractivity contribution >= 4 is 0 Å². The first-order valence-electron chi connectivity index (χ1n) is 4.85. The first kappa shape index (κ1) is 9.45. The summed E-state index contributed by atoms with van der Waals surface area (Å²) in [5.41, 5.74) is -0.482. The van der Waals surface area contributed by atoms with Crippen LogP contribution in [0.25, 0.3) is 0 Å². The summed E-state index contributed by atoms with van der Waals surface area (Å²) in [6, 6.07) is 0. The lowest BCUT2D eigenvalue weighted by molar-refractivity contribution is 0.123. The summed E-state index contributed by atoms with van der Waals surface area (Å²) in [7, 11) is 0. The van der Waals surface area contributed by atoms with E-state index in [0.717, 1.165) is 32.1 Å². The van der Waals surface area contributed by atoms with E-state index in [1.165, 1.54) is 0 Å². The Kier molecular flexibility index (Phi) is 2.41. The maximum atomic E-state index is 10.7. The molecule has 1 heterocycles. The first-order valence-corrected chi connectivity index (χ1v) is 4.85. The number of hydrogen-bond acceptors (Lipinski definition) is 5. The van der Waals surface area contributed by atoms with E-state index in [4.69, 9.17) is 4.42 Å². The molecule has 1 aliphatic carbocycles. The van der Waals surface area contributed by atoms with Crippen LogP contribution in [0.5, 0.6) is 0 Å². The molecule has 0 saturated heterocycles. The average molecular weight is 199 g/mol. The van der Waals surface area contributed by atoms with E-state index in [2.05, 4.69) is 9.68 Å². The van der Waals surface area contributed by atoms with Gasteiger partial charge < -0.3 is 9.52 Å². The van der Waals surface area contributed by atoms with E-state index in [-0.39, 0.29) is 12.5 Å². The summed E-state index contributed by atoms with van der Waals surface area (Å²) in [6.07, 6.45) is 4.82. The normalized spacial score (nSPS) is 20.9. The molecule has 2 rings (SSSR count). The number of aromatic nitrogens is 1. The highest BCUT2D eigenvalue weighted by Gasteiger charge is 2.38. The van der Waals surface area contributed by atoms with Crippen molar-refractivity contribution in [2.75, 3.05) is 6.61 Å². The van der Waals surface area contributed by atoms with Gasteiger partial charge in [-0.25, -0.2) is 4.79 Å². The van der Waals surface area contributed by atoms with Crippen molar-refractivity contribution in [3.05, 3.63) is 16.5 Å². The average Bonchev–Trinajstić information content (AvgIpc) is 2.66. The minimum Gasteiger partial charge on any atom is -0.395 e. The topological polar surface area (TPSA) is 76.5 Å². The fraction of sp³-hybridized carbons (Fsp3) is 0.778. The van der Waals surface area contributed by atoms with Crippen molar-refractivity contribution in [2.24, 2.45) is 0 Å². The summed E-state index contributed by atoms with van der Waals surface area (Å²) in [5.74, 6) is -0.539. The Labute approximate surface area is 80.7 Å². The molecule has 1 aliphatic rings. The van der Waals surface area contributed by atoms with Gasteiger partial charge in [-0.3, -0.25) is 4.52 Å². The summed E-state index contributed by atoms with van der Waals surface area (Å²) in [5, 5.41) is 12.9. The molecule has 0 spiro atoms. The summed E-state index contributed by atoms with van der Waals surface area (Å²) in [6.45, 7) is -0.0392. The highest BCUT2D eigenvalue weighted by atomic mass is 16.6. The first-order chi connectivity index (χ1) is 6.77. The van der Waals surface area contributed by atoms with Crippen molar-refractivity contribution in [1.29, 1.82) is 0 Å². The van der Waals surface area contributed by atoms with Gasteiger partial charge in [-0.15, -0.1) is 0 Å². The van der Waals surface area contributed by atoms with E-state index < -0.39 is 11.2 Å². The Bertz CT molecular complexity index is 348. The van der Waals surface area contributed by atoms with E-state index in [0.29, 0.717) is 0 Å². The van der Waals surface area contributed by atoms with Crippen molar-refractivity contribution in [3.63, 3.8) is 0 Å². The number of rotatable bonds is 2. The molecule has 78 valence electrons. The van der Waals surface area contributed by atoms with Gasteiger partial charge in [0.15, 0.2) is 0 Å². The van der Waals surface area contributed by atoms with Crippen LogP contribution in [-0.2, 0) is 5.41 Å². The zero-order valence-corrected chi connectivity index (χ0v) is 7.86. The fourth-order valence-electron chi connectivity index (χ4n) is 2.07. The zero-order chi connectivity index (χ0) is 10.0. The summed E-state index contributed by atoms with van der Waals surface area (Å²) >= 11 is 0. The molecule has 0 atom stereocenters. The van der Waals surface area contributed by atoms with Crippen LogP contribution in [0.3, 0.4) is 0 Å². The van der Waals surface area contributed by atoms with E-state index in [1.54, 1.807) is 0 Å². The molecule has 1 aromatic heterocycles. The van der Waals surface area contributed by atoms with Gasteiger partial charge in [0.1, 0.15) is 0 Å². The quantitative estimate of drug-likeness (QED) is 0.763. The van der Waals surface area contributed by atoms with Crippen LogP contribution in [-0.4, -0.2) is 16.9 Å². The molecule has 5 heteroatoms. The largest absolute Gasteiger partial charge is 0.542 e. The van der Waals surface area contributed by atoms with Crippen molar-refractivity contribution in [2.45, 2.75) is 37.5 Å². The lowest BCUT2D eigenvalue weighted by Crippen LogP contribution is -2.33. The molecule has 0 aromatic carbocycles. The minimum atomic E-state index is -0.793. The minimum absolute atomic E-state index is 0.0392. The third-order valence-electron chi connectivity index (χ3n) is 2.95. The molecule has 1 fully saturated rings. The van der Waals surface area contributed by atoms with Gasteiger partial charge in [-0.05, 0) is 18.0 Å². The number of nitrogens with zero attached hydrogens (tertiary/aromatic N) is 1. The Morgan fingerprint density at radius 2 is 2.07 bits per heavy atom. The maximum Gasteiger partial charge on any atom is 0.542 e. The van der Waals surface area contributed by atoms with Crippen LogP contribution in [0.4, 0.5) is 0 Å². The summed E-state index contributed by atoms with van der Waals surface area (Å²) < 4.78 is 9.19. The number of hydrogen-bond donors (Lipinski definition) is 1. The predicted molar refractivity (Wildman–Crippen MR) is 46.9 cm³/mol. The van der Waals surface area contributed by atoms with Crippen molar-refractivity contribution < 1.29 is 14.0 Å². The van der Waals surface area contributed by atoms with Gasteiger partial charge in [0.05, 0.1) is 12.0 Å². The van der Waals surface area contributed by atoms with Crippen LogP contribution in [0.15, 0.2) is 13.7 Å². The number of aliphatic hydroxyl groups is 1. The van der Waals surface area contributed by atoms with Gasteiger partial charge in [0, 0.05) is 0 Å². The van der Waals surface area contributed by atoms with Crippen LogP contribution < -0.4 is 5.82 Å². The Hall–Kier alpha value is -1.10. The molecule has 0 radical (unpaired) electrons. The van der Waals surface area contributed by atoms with Crippen LogP contribution in [0.1, 0.15) is 38.0 Å². The van der Waals surface area contributed by atoms with Crippen LogP contribution in [0.2, 0.25) is 0 Å². The molecule has 5 nitrogen and oxygen atoms in total. The molecular formula is C9H13NO4. The Balaban J connectivity index is 2.31. The SMILES string of the molecule is O=c1onc(C2(CO)CCCCC2)o1. The molecule has 0 bridgehead atoms. The number of aliphatic hydroxyl groups excluding tert-OH is 1. The lowest BCUT2D eigenvalue weighted by Gasteiger charge is -2.31. The van der Waals surface area contributed by atoms with Gasteiger partial charge in [-0.2, -0.15) is 0 Å². The molecule has 1 aromatic rings. The maximum absolute atomic E-state index is 10.7. The monoisotopic (exact) mass is 199 g/mol. The van der Waals surface area contributed by atoms with E-state index >= 15 is 0 Å². The second-order valence-corrected chi connectivity index (χ2v) is 3.84. The van der Waals surface area contributed by atoms with Crippen molar-refractivity contribution in [1.82, 2.24) is 5.16 Å². The van der Waals surface area contributed by atoms with Crippen LogP contribution >= 0.6 is 0 Å². The molecule has 0 aliphatic heterocycles. The van der Waals surface area contributed by atoms with Gasteiger partial charge in [0.25, 0.3) is 0 Å². The highest BCUT2D eigenvalue weighted by molar-refractivity contribution is 5.04. The Morgan fingerprint density at radius 1 is 1.36 bits per heavy atom. The molecule has 1 saturated carbocycles. The van der Waals surface area contributed by atoms with Crippen LogP contribution in [0, 0.1) is 0 Å². The van der Waals surface area contributed by atoms with Gasteiger partial charge in [0.2, 0.25) is 5.89 Å². The zero-order valence-electron chi connectivity index (χ0n) is 7.86. The standard InChI is InChI=1S/C9H13NO4/c11-6-9(4-2-1-3-5-9)7-10-14-8(12)13-7/h11H,1-6H2. The smallest absolute Gasteiger partial charge is 0.395 e. The molecule has 0 unspecified atom stereocenters. The second kappa shape index (κ2) is 3.57.